The Bertz CT molecular complexity index is 2120. The van der Waals surface area contributed by atoms with E-state index in [2.05, 4.69) is 20.5 Å². The van der Waals surface area contributed by atoms with Gasteiger partial charge in [0.15, 0.2) is 0 Å². The Kier molecular flexibility index (Phi) is 14.6. The maximum atomic E-state index is 13.4. The fourth-order valence-electron chi connectivity index (χ4n) is 3.51. The molecule has 0 aliphatic heterocycles. The third-order valence-electron chi connectivity index (χ3n) is 5.33. The van der Waals surface area contributed by atoms with Gasteiger partial charge in [-0.25, -0.2) is 16.8 Å². The Morgan fingerprint density at radius 2 is 1.30 bits per heavy atom. The Balaban J connectivity index is 0.00000323. The Hall–Kier alpha value is -1.04. The summed E-state index contributed by atoms with van der Waals surface area (Å²) in [7, 11) is -15.4. The minimum absolute atomic E-state index is 0. The second-order valence-electron chi connectivity index (χ2n) is 8.02. The van der Waals surface area contributed by atoms with Crippen LogP contribution in [0, 0.1) is 0 Å². The van der Waals surface area contributed by atoms with Crippen LogP contribution in [-0.4, -0.2) is 38.9 Å². The first kappa shape index (κ1) is 41.0. The monoisotopic (exact) mass is 707 g/mol. The van der Waals surface area contributed by atoms with Crippen LogP contribution in [0.15, 0.2) is 95.8 Å². The molecular weight excluding hydrogens is 695 g/mol. The molecule has 0 atom stereocenters. The van der Waals surface area contributed by atoms with Crippen LogP contribution < -0.4 is 99.5 Å². The number of hydrogen-bond donors (Lipinski definition) is 2. The quantitative estimate of drug-likeness (QED) is 0.0795. The molecule has 0 spiro atoms. The molecule has 4 aromatic carbocycles. The number of nitrogen functional groups attached to an aromatic ring is 1. The third-order valence-corrected chi connectivity index (χ3v) is 8.18. The molecule has 214 valence electrons. The maximum Gasteiger partial charge on any atom is 1.00 e. The minimum Gasteiger partial charge on any atom is -0.870 e. The predicted octanol–water partition coefficient (Wildman–Crippen LogP) is -4.95. The molecule has 0 aromatic heterocycles. The van der Waals surface area contributed by atoms with Gasteiger partial charge < -0.3 is 19.9 Å². The summed E-state index contributed by atoms with van der Waals surface area (Å²) in [5.74, 6) is -1.22. The summed E-state index contributed by atoms with van der Waals surface area (Å²) in [6.45, 7) is 0. The van der Waals surface area contributed by atoms with Gasteiger partial charge in [-0.3, -0.25) is 4.55 Å². The van der Waals surface area contributed by atoms with E-state index >= 15 is 0 Å². The van der Waals surface area contributed by atoms with Gasteiger partial charge in [0.1, 0.15) is 36.5 Å². The van der Waals surface area contributed by atoms with Gasteiger partial charge in [0, 0.05) is 5.39 Å². The van der Waals surface area contributed by atoms with Crippen molar-refractivity contribution in [1.82, 2.24) is 0 Å². The van der Waals surface area contributed by atoms with E-state index in [1.165, 1.54) is 12.1 Å². The number of anilines is 1. The summed E-state index contributed by atoms with van der Waals surface area (Å²) in [6, 6.07) is 11.6. The predicted molar refractivity (Wildman–Crippen MR) is 140 cm³/mol. The van der Waals surface area contributed by atoms with E-state index in [1.54, 1.807) is 18.2 Å². The fraction of sp³-hybridized carbons (Fsp3) is 0. The van der Waals surface area contributed by atoms with Crippen molar-refractivity contribution in [3.05, 3.63) is 65.7 Å². The molecule has 44 heavy (non-hydrogen) atoms. The summed E-state index contributed by atoms with van der Waals surface area (Å²) in [5.41, 5.74) is 3.50. The van der Waals surface area contributed by atoms with Crippen molar-refractivity contribution < 1.29 is 133 Å². The number of rotatable bonds is 7. The van der Waals surface area contributed by atoms with Gasteiger partial charge in [0.2, 0.25) is 0 Å². The van der Waals surface area contributed by atoms with Crippen molar-refractivity contribution in [2.75, 3.05) is 5.73 Å². The molecule has 4 rings (SSSR count). The van der Waals surface area contributed by atoms with Crippen molar-refractivity contribution >= 4 is 81.2 Å². The molecule has 0 heterocycles. The molecule has 0 saturated heterocycles. The fourth-order valence-corrected chi connectivity index (χ4v) is 5.60. The second kappa shape index (κ2) is 15.7. The van der Waals surface area contributed by atoms with E-state index in [0.717, 1.165) is 18.2 Å². The van der Waals surface area contributed by atoms with E-state index in [-0.39, 0.29) is 100 Å². The SMILES string of the molecule is Nc1c(N=Nc2ccc(S(=O)(=O)[O-])cc2Cl)c(S(=O)(=O)[O-])cc2cc(S(=O)(=O)O)c(N=Nc3ccccc3)c([O-])c12.[Na+].[Na+].[Na+]. The number of fused-ring (bicyclic) bond motifs is 1. The number of nitrogens with zero attached hydrogens (tertiary/aromatic N) is 4. The van der Waals surface area contributed by atoms with Crippen LogP contribution in [0.3, 0.4) is 0 Å². The van der Waals surface area contributed by atoms with Crippen LogP contribution in [0.4, 0.5) is 28.4 Å². The molecular formula is C22H13ClN5Na3O10S3. The second-order valence-corrected chi connectivity index (χ2v) is 12.5. The molecule has 0 aliphatic carbocycles. The number of halogens is 1. The van der Waals surface area contributed by atoms with Gasteiger partial charge in [-0.2, -0.15) is 13.5 Å². The largest absolute Gasteiger partial charge is 1.00 e. The van der Waals surface area contributed by atoms with E-state index in [1.807, 2.05) is 0 Å². The van der Waals surface area contributed by atoms with E-state index in [9.17, 15) is 44.0 Å². The van der Waals surface area contributed by atoms with Crippen molar-refractivity contribution in [1.29, 1.82) is 0 Å². The van der Waals surface area contributed by atoms with Crippen molar-refractivity contribution in [2.45, 2.75) is 14.7 Å². The van der Waals surface area contributed by atoms with Crippen LogP contribution >= 0.6 is 11.6 Å². The molecule has 0 radical (unpaired) electrons. The van der Waals surface area contributed by atoms with Crippen LogP contribution in [-0.2, 0) is 30.4 Å². The number of nitrogens with two attached hydrogens (primary N) is 1. The first-order valence-electron chi connectivity index (χ1n) is 10.7. The first-order chi connectivity index (χ1) is 19.0. The number of hydrogen-bond acceptors (Lipinski definition) is 14. The maximum absolute atomic E-state index is 13.4. The summed E-state index contributed by atoms with van der Waals surface area (Å²) in [6.07, 6.45) is 0. The van der Waals surface area contributed by atoms with Crippen LogP contribution in [0.25, 0.3) is 10.8 Å². The molecule has 3 N–H and O–H groups in total. The normalized spacial score (nSPS) is 12.1. The van der Waals surface area contributed by atoms with Gasteiger partial charge in [-0.15, -0.1) is 15.3 Å². The molecule has 0 bridgehead atoms. The Morgan fingerprint density at radius 3 is 1.82 bits per heavy atom. The van der Waals surface area contributed by atoms with Crippen molar-refractivity contribution in [3.63, 3.8) is 0 Å². The molecule has 22 heteroatoms. The topological polar surface area (TPSA) is 267 Å². The van der Waals surface area contributed by atoms with Crippen LogP contribution in [0.2, 0.25) is 5.02 Å². The average Bonchev–Trinajstić information content (AvgIpc) is 2.86. The number of azo groups is 2. The third kappa shape index (κ3) is 9.28. The molecule has 0 saturated carbocycles. The zero-order valence-electron chi connectivity index (χ0n) is 22.9. The molecule has 0 fully saturated rings. The Morgan fingerprint density at radius 1 is 0.727 bits per heavy atom. The molecule has 4 aromatic rings. The van der Waals surface area contributed by atoms with Crippen molar-refractivity contribution in [3.8, 4) is 5.75 Å². The van der Waals surface area contributed by atoms with Gasteiger partial charge in [-0.1, -0.05) is 35.5 Å². The molecule has 0 aliphatic rings. The van der Waals surface area contributed by atoms with Gasteiger partial charge in [0.05, 0.1) is 31.9 Å². The Labute approximate surface area is 322 Å². The summed E-state index contributed by atoms with van der Waals surface area (Å²) < 4.78 is 104. The molecule has 15 nitrogen and oxygen atoms in total. The summed E-state index contributed by atoms with van der Waals surface area (Å²) >= 11 is 5.94. The molecule has 0 amide bonds. The zero-order chi connectivity index (χ0) is 30.3. The average molecular weight is 708 g/mol. The minimum atomic E-state index is -5.40. The van der Waals surface area contributed by atoms with E-state index in [0.29, 0.717) is 12.1 Å². The smallest absolute Gasteiger partial charge is 0.870 e. The summed E-state index contributed by atoms with van der Waals surface area (Å²) in [4.78, 5) is -2.87. The van der Waals surface area contributed by atoms with Gasteiger partial charge in [-0.05, 0) is 47.9 Å². The van der Waals surface area contributed by atoms with E-state index in [4.69, 9.17) is 17.3 Å². The first-order valence-corrected chi connectivity index (χ1v) is 15.3. The standard InChI is InChI=1S/C22H16ClN5O10S3.3Na/c23-14-10-13(39(30,31)32)6-7-15(14)26-27-20-16(40(33,34)35)8-11-9-17(41(36,37)38)21(22(29)18(11)19(20)24)28-25-12-4-2-1-3-5-12;;;/h1-10,29H,24H2,(H,30,31,32)(H,33,34,35)(H,36,37,38);;;/q;3*+1/p-3. The van der Waals surface area contributed by atoms with Crippen molar-refractivity contribution in [2.24, 2.45) is 20.5 Å². The summed E-state index contributed by atoms with van der Waals surface area (Å²) in [5, 5.41) is 26.7. The van der Waals surface area contributed by atoms with Crippen LogP contribution in [0.5, 0.6) is 5.75 Å². The van der Waals surface area contributed by atoms with Gasteiger partial charge in [0.25, 0.3) is 10.1 Å². The van der Waals surface area contributed by atoms with E-state index < -0.39 is 83.6 Å². The van der Waals surface area contributed by atoms with Crippen LogP contribution in [0.1, 0.15) is 0 Å². The molecule has 0 unspecified atom stereocenters. The van der Waals surface area contributed by atoms with Gasteiger partial charge >= 0.3 is 88.7 Å². The number of benzene rings is 4. The zero-order valence-corrected chi connectivity index (χ0v) is 32.1.